The van der Waals surface area contributed by atoms with Gasteiger partial charge in [0, 0.05) is 45.6 Å². The fourth-order valence-electron chi connectivity index (χ4n) is 3.01. The van der Waals surface area contributed by atoms with Crippen molar-refractivity contribution in [1.29, 1.82) is 0 Å². The van der Waals surface area contributed by atoms with Crippen molar-refractivity contribution in [2.75, 3.05) is 39.3 Å². The molecule has 0 saturated carbocycles. The SMILES string of the molecule is CCN1CCN(C(=O)CCNC(=O)CCCc2ccccc2F)CC1. The normalized spacial score (nSPS) is 15.2. The minimum Gasteiger partial charge on any atom is -0.356 e. The number of nitrogens with one attached hydrogen (secondary N) is 1. The zero-order chi connectivity index (χ0) is 18.1. The molecule has 1 aliphatic heterocycles. The van der Waals surface area contributed by atoms with Crippen molar-refractivity contribution < 1.29 is 14.0 Å². The summed E-state index contributed by atoms with van der Waals surface area (Å²) in [7, 11) is 0. The van der Waals surface area contributed by atoms with E-state index in [1.807, 2.05) is 4.90 Å². The highest BCUT2D eigenvalue weighted by Gasteiger charge is 2.19. The van der Waals surface area contributed by atoms with Gasteiger partial charge in [0.25, 0.3) is 0 Å². The average molecular weight is 349 g/mol. The van der Waals surface area contributed by atoms with Crippen LogP contribution in [0.5, 0.6) is 0 Å². The van der Waals surface area contributed by atoms with Gasteiger partial charge in [0.05, 0.1) is 0 Å². The highest BCUT2D eigenvalue weighted by molar-refractivity contribution is 5.79. The molecule has 5 nitrogen and oxygen atoms in total. The van der Waals surface area contributed by atoms with Crippen LogP contribution in [-0.4, -0.2) is 60.9 Å². The number of nitrogens with zero attached hydrogens (tertiary/aromatic N) is 2. The molecule has 0 spiro atoms. The van der Waals surface area contributed by atoms with Crippen molar-refractivity contribution in [3.05, 3.63) is 35.6 Å². The van der Waals surface area contributed by atoms with Crippen molar-refractivity contribution in [3.8, 4) is 0 Å². The zero-order valence-electron chi connectivity index (χ0n) is 15.0. The summed E-state index contributed by atoms with van der Waals surface area (Å²) >= 11 is 0. The number of benzene rings is 1. The van der Waals surface area contributed by atoms with Crippen LogP contribution in [0, 0.1) is 5.82 Å². The lowest BCUT2D eigenvalue weighted by molar-refractivity contribution is -0.132. The first-order chi connectivity index (χ1) is 12.1. The smallest absolute Gasteiger partial charge is 0.224 e. The highest BCUT2D eigenvalue weighted by Crippen LogP contribution is 2.10. The predicted octanol–water partition coefficient (Wildman–Crippen LogP) is 1.82. The third-order valence-corrected chi connectivity index (χ3v) is 4.64. The fraction of sp³-hybridized carbons (Fsp3) is 0.579. The molecule has 138 valence electrons. The second-order valence-corrected chi connectivity index (χ2v) is 6.36. The molecule has 1 saturated heterocycles. The molecule has 0 bridgehead atoms. The van der Waals surface area contributed by atoms with Crippen molar-refractivity contribution in [3.63, 3.8) is 0 Å². The Morgan fingerprint density at radius 3 is 2.52 bits per heavy atom. The van der Waals surface area contributed by atoms with Gasteiger partial charge in [0.1, 0.15) is 5.82 Å². The summed E-state index contributed by atoms with van der Waals surface area (Å²) in [6.07, 6.45) is 1.82. The van der Waals surface area contributed by atoms with Gasteiger partial charge in [0.15, 0.2) is 0 Å². The molecule has 1 N–H and O–H groups in total. The van der Waals surface area contributed by atoms with Crippen LogP contribution in [-0.2, 0) is 16.0 Å². The Kier molecular flexibility index (Phi) is 7.85. The topological polar surface area (TPSA) is 52.6 Å². The van der Waals surface area contributed by atoms with Crippen LogP contribution in [0.3, 0.4) is 0 Å². The Balaban J connectivity index is 1.57. The van der Waals surface area contributed by atoms with E-state index in [-0.39, 0.29) is 17.6 Å². The van der Waals surface area contributed by atoms with Crippen LogP contribution in [0.25, 0.3) is 0 Å². The standard InChI is InChI=1S/C19H28FN3O2/c1-2-22-12-14-23(15-13-22)19(25)10-11-21-18(24)9-5-7-16-6-3-4-8-17(16)20/h3-4,6,8H,2,5,7,9-15H2,1H3,(H,21,24). The Morgan fingerprint density at radius 1 is 1.12 bits per heavy atom. The summed E-state index contributed by atoms with van der Waals surface area (Å²) in [5.41, 5.74) is 0.636. The largest absolute Gasteiger partial charge is 0.356 e. The molecule has 0 aliphatic carbocycles. The van der Waals surface area contributed by atoms with E-state index in [0.29, 0.717) is 37.8 Å². The first-order valence-corrected chi connectivity index (χ1v) is 9.10. The summed E-state index contributed by atoms with van der Waals surface area (Å²) in [5.74, 6) is -0.209. The molecule has 1 aromatic rings. The van der Waals surface area contributed by atoms with Crippen LogP contribution >= 0.6 is 0 Å². The molecular weight excluding hydrogens is 321 g/mol. The maximum absolute atomic E-state index is 13.5. The molecule has 0 aromatic heterocycles. The number of carbonyl (C=O) groups excluding carboxylic acids is 2. The molecule has 0 unspecified atom stereocenters. The van der Waals surface area contributed by atoms with Crippen molar-refractivity contribution >= 4 is 11.8 Å². The zero-order valence-corrected chi connectivity index (χ0v) is 15.0. The summed E-state index contributed by atoms with van der Waals surface area (Å²) in [4.78, 5) is 28.1. The number of likely N-dealkylation sites (N-methyl/N-ethyl adjacent to an activating group) is 1. The van der Waals surface area contributed by atoms with Gasteiger partial charge >= 0.3 is 0 Å². The fourth-order valence-corrected chi connectivity index (χ4v) is 3.01. The van der Waals surface area contributed by atoms with Crippen molar-refractivity contribution in [2.45, 2.75) is 32.6 Å². The van der Waals surface area contributed by atoms with Gasteiger partial charge in [0.2, 0.25) is 11.8 Å². The Morgan fingerprint density at radius 2 is 1.84 bits per heavy atom. The third kappa shape index (κ3) is 6.46. The minimum atomic E-state index is -0.225. The number of hydrogen-bond donors (Lipinski definition) is 1. The van der Waals surface area contributed by atoms with Crippen LogP contribution < -0.4 is 5.32 Å². The number of rotatable bonds is 8. The van der Waals surface area contributed by atoms with Gasteiger partial charge in [-0.3, -0.25) is 9.59 Å². The molecule has 25 heavy (non-hydrogen) atoms. The Bertz CT molecular complexity index is 572. The number of hydrogen-bond acceptors (Lipinski definition) is 3. The lowest BCUT2D eigenvalue weighted by atomic mass is 10.1. The lowest BCUT2D eigenvalue weighted by Gasteiger charge is -2.34. The molecule has 2 rings (SSSR count). The first-order valence-electron chi connectivity index (χ1n) is 9.10. The quantitative estimate of drug-likeness (QED) is 0.779. The van der Waals surface area contributed by atoms with Crippen LogP contribution in [0.1, 0.15) is 31.7 Å². The van der Waals surface area contributed by atoms with Crippen molar-refractivity contribution in [2.24, 2.45) is 0 Å². The molecular formula is C19H28FN3O2. The number of halogens is 1. The van der Waals surface area contributed by atoms with Crippen molar-refractivity contribution in [1.82, 2.24) is 15.1 Å². The predicted molar refractivity (Wildman–Crippen MR) is 95.7 cm³/mol. The lowest BCUT2D eigenvalue weighted by Crippen LogP contribution is -2.49. The van der Waals surface area contributed by atoms with Gasteiger partial charge in [-0.2, -0.15) is 0 Å². The molecule has 2 amide bonds. The molecule has 1 aromatic carbocycles. The molecule has 1 heterocycles. The maximum atomic E-state index is 13.5. The van der Waals surface area contributed by atoms with Gasteiger partial charge < -0.3 is 15.1 Å². The molecule has 6 heteroatoms. The van der Waals surface area contributed by atoms with E-state index in [4.69, 9.17) is 0 Å². The van der Waals surface area contributed by atoms with Crippen LogP contribution in [0.4, 0.5) is 4.39 Å². The molecule has 0 radical (unpaired) electrons. The molecule has 1 fully saturated rings. The van der Waals surface area contributed by atoms with Crippen LogP contribution in [0.15, 0.2) is 24.3 Å². The second-order valence-electron chi connectivity index (χ2n) is 6.36. The second kappa shape index (κ2) is 10.1. The first kappa shape index (κ1) is 19.4. The van der Waals surface area contributed by atoms with E-state index in [1.165, 1.54) is 6.07 Å². The van der Waals surface area contributed by atoms with Gasteiger partial charge in [-0.05, 0) is 31.0 Å². The van der Waals surface area contributed by atoms with E-state index in [1.54, 1.807) is 18.2 Å². The highest BCUT2D eigenvalue weighted by atomic mass is 19.1. The van der Waals surface area contributed by atoms with E-state index in [2.05, 4.69) is 17.1 Å². The third-order valence-electron chi connectivity index (χ3n) is 4.64. The Labute approximate surface area is 149 Å². The van der Waals surface area contributed by atoms with Gasteiger partial charge in [-0.1, -0.05) is 25.1 Å². The number of carbonyl (C=O) groups is 2. The van der Waals surface area contributed by atoms with E-state index in [0.717, 1.165) is 32.7 Å². The van der Waals surface area contributed by atoms with E-state index in [9.17, 15) is 14.0 Å². The van der Waals surface area contributed by atoms with Gasteiger partial charge in [-0.25, -0.2) is 4.39 Å². The number of aryl methyl sites for hydroxylation is 1. The average Bonchev–Trinajstić information content (AvgIpc) is 2.63. The summed E-state index contributed by atoms with van der Waals surface area (Å²) in [5, 5.41) is 2.78. The molecule has 1 aliphatic rings. The maximum Gasteiger partial charge on any atom is 0.224 e. The summed E-state index contributed by atoms with van der Waals surface area (Å²) < 4.78 is 13.5. The monoisotopic (exact) mass is 349 g/mol. The summed E-state index contributed by atoms with van der Waals surface area (Å²) in [6.45, 7) is 6.89. The summed E-state index contributed by atoms with van der Waals surface area (Å²) in [6, 6.07) is 6.63. The minimum absolute atomic E-state index is 0.0834. The Hall–Kier alpha value is -1.95. The van der Waals surface area contributed by atoms with E-state index >= 15 is 0 Å². The number of amides is 2. The number of piperazine rings is 1. The van der Waals surface area contributed by atoms with E-state index < -0.39 is 0 Å². The van der Waals surface area contributed by atoms with Gasteiger partial charge in [-0.15, -0.1) is 0 Å². The van der Waals surface area contributed by atoms with Crippen LogP contribution in [0.2, 0.25) is 0 Å². The molecule has 0 atom stereocenters.